The fraction of sp³-hybridized carbons (Fsp3) is 0.933. The Morgan fingerprint density at radius 3 is 2.16 bits per heavy atom. The smallest absolute Gasteiger partial charge is 0.226 e. The van der Waals surface area contributed by atoms with E-state index < -0.39 is 0 Å². The van der Waals surface area contributed by atoms with Crippen LogP contribution in [0.2, 0.25) is 0 Å². The van der Waals surface area contributed by atoms with Crippen LogP contribution in [0.5, 0.6) is 0 Å². The van der Waals surface area contributed by atoms with Gasteiger partial charge < -0.3 is 14.4 Å². The van der Waals surface area contributed by atoms with Gasteiger partial charge in [0.05, 0.1) is 13.2 Å². The Hall–Kier alpha value is -0.610. The first-order valence-corrected chi connectivity index (χ1v) is 7.86. The van der Waals surface area contributed by atoms with Crippen molar-refractivity contribution in [3.05, 3.63) is 0 Å². The molecule has 4 aliphatic rings. The largest absolute Gasteiger partial charge is 0.347 e. The van der Waals surface area contributed by atoms with Crippen LogP contribution < -0.4 is 0 Å². The summed E-state index contributed by atoms with van der Waals surface area (Å²) in [6.45, 7) is 3.05. The third-order valence-corrected chi connectivity index (χ3v) is 5.59. The molecule has 2 saturated heterocycles. The summed E-state index contributed by atoms with van der Waals surface area (Å²) in [5, 5.41) is 0. The fourth-order valence-corrected chi connectivity index (χ4v) is 4.42. The van der Waals surface area contributed by atoms with Gasteiger partial charge in [-0.1, -0.05) is 12.8 Å². The number of hydrogen-bond acceptors (Lipinski definition) is 3. The normalized spacial score (nSPS) is 40.2. The molecule has 2 aliphatic carbocycles. The molecule has 0 aromatic heterocycles. The molecule has 0 aromatic rings. The SMILES string of the molecule is O=C(C1C2CCCCC21)N1CCC2(CC1)OCCO2. The lowest BCUT2D eigenvalue weighted by Gasteiger charge is -2.37. The van der Waals surface area contributed by atoms with E-state index in [1.54, 1.807) is 0 Å². The first-order chi connectivity index (χ1) is 9.29. The number of carbonyl (C=O) groups is 1. The Balaban J connectivity index is 1.35. The van der Waals surface area contributed by atoms with Crippen LogP contribution in [-0.4, -0.2) is 42.9 Å². The molecule has 2 unspecified atom stereocenters. The Morgan fingerprint density at radius 2 is 1.58 bits per heavy atom. The number of piperidine rings is 1. The van der Waals surface area contributed by atoms with E-state index in [-0.39, 0.29) is 5.79 Å². The average molecular weight is 265 g/mol. The van der Waals surface area contributed by atoms with Crippen molar-refractivity contribution in [3.8, 4) is 0 Å². The number of carbonyl (C=O) groups excluding carboxylic acids is 1. The summed E-state index contributed by atoms with van der Waals surface area (Å²) in [6, 6.07) is 0. The molecule has 1 amide bonds. The lowest BCUT2D eigenvalue weighted by atomic mass is 10.0. The minimum Gasteiger partial charge on any atom is -0.347 e. The molecule has 2 atom stereocenters. The summed E-state index contributed by atoms with van der Waals surface area (Å²) in [4.78, 5) is 14.6. The lowest BCUT2D eigenvalue weighted by molar-refractivity contribution is -0.187. The summed E-state index contributed by atoms with van der Waals surface area (Å²) in [6.07, 6.45) is 6.92. The Morgan fingerprint density at radius 1 is 1.00 bits per heavy atom. The van der Waals surface area contributed by atoms with Crippen LogP contribution in [0.3, 0.4) is 0 Å². The molecule has 0 N–H and O–H groups in total. The monoisotopic (exact) mass is 265 g/mol. The van der Waals surface area contributed by atoms with Crippen LogP contribution in [0.1, 0.15) is 38.5 Å². The maximum atomic E-state index is 12.6. The van der Waals surface area contributed by atoms with Crippen molar-refractivity contribution in [3.63, 3.8) is 0 Å². The molecule has 19 heavy (non-hydrogen) atoms. The van der Waals surface area contributed by atoms with Crippen molar-refractivity contribution in [2.45, 2.75) is 44.3 Å². The molecule has 4 fully saturated rings. The van der Waals surface area contributed by atoms with Gasteiger partial charge in [-0.25, -0.2) is 0 Å². The van der Waals surface area contributed by atoms with Crippen molar-refractivity contribution in [2.24, 2.45) is 17.8 Å². The number of likely N-dealkylation sites (tertiary alicyclic amines) is 1. The van der Waals surface area contributed by atoms with Gasteiger partial charge in [-0.05, 0) is 24.7 Å². The molecule has 106 valence electrons. The minimum atomic E-state index is -0.354. The summed E-state index contributed by atoms with van der Waals surface area (Å²) in [5.74, 6) is 1.87. The molecular formula is C15H23NO3. The number of ether oxygens (including phenoxy) is 2. The van der Waals surface area contributed by atoms with Crippen LogP contribution in [-0.2, 0) is 14.3 Å². The predicted octanol–water partition coefficient (Wildman–Crippen LogP) is 1.79. The van der Waals surface area contributed by atoms with E-state index in [0.29, 0.717) is 25.0 Å². The molecule has 4 rings (SSSR count). The van der Waals surface area contributed by atoms with Crippen molar-refractivity contribution in [1.82, 2.24) is 4.90 Å². The van der Waals surface area contributed by atoms with Gasteiger partial charge >= 0.3 is 0 Å². The van der Waals surface area contributed by atoms with Crippen LogP contribution in [0.15, 0.2) is 0 Å². The van der Waals surface area contributed by atoms with Crippen LogP contribution >= 0.6 is 0 Å². The van der Waals surface area contributed by atoms with Crippen molar-refractivity contribution in [1.29, 1.82) is 0 Å². The predicted molar refractivity (Wildman–Crippen MR) is 69.4 cm³/mol. The zero-order chi connectivity index (χ0) is 12.9. The van der Waals surface area contributed by atoms with E-state index in [2.05, 4.69) is 4.90 Å². The fourth-order valence-electron chi connectivity index (χ4n) is 4.42. The molecular weight excluding hydrogens is 242 g/mol. The second kappa shape index (κ2) is 4.45. The van der Waals surface area contributed by atoms with E-state index in [9.17, 15) is 4.79 Å². The van der Waals surface area contributed by atoms with Crippen molar-refractivity contribution < 1.29 is 14.3 Å². The highest BCUT2D eigenvalue weighted by Crippen LogP contribution is 2.56. The van der Waals surface area contributed by atoms with E-state index in [0.717, 1.165) is 37.8 Å². The van der Waals surface area contributed by atoms with Gasteiger partial charge in [0.2, 0.25) is 5.91 Å². The van der Waals surface area contributed by atoms with Crippen LogP contribution in [0, 0.1) is 17.8 Å². The quantitative estimate of drug-likeness (QED) is 0.725. The number of fused-ring (bicyclic) bond motifs is 1. The highest BCUT2D eigenvalue weighted by atomic mass is 16.7. The highest BCUT2D eigenvalue weighted by molar-refractivity contribution is 5.82. The first kappa shape index (κ1) is 12.2. The highest BCUT2D eigenvalue weighted by Gasteiger charge is 2.56. The minimum absolute atomic E-state index is 0.354. The average Bonchev–Trinajstić information content (AvgIpc) is 3.02. The van der Waals surface area contributed by atoms with Crippen LogP contribution in [0.25, 0.3) is 0 Å². The second-order valence-electron chi connectivity index (χ2n) is 6.57. The number of hydrogen-bond donors (Lipinski definition) is 0. The summed E-state index contributed by atoms with van der Waals surface area (Å²) in [7, 11) is 0. The van der Waals surface area contributed by atoms with E-state index in [1.807, 2.05) is 0 Å². The maximum Gasteiger partial charge on any atom is 0.226 e. The standard InChI is InChI=1S/C15H23NO3/c17-14(13-11-3-1-2-4-12(11)13)16-7-5-15(6-8-16)18-9-10-19-15/h11-13H,1-10H2. The molecule has 0 aromatic carbocycles. The van der Waals surface area contributed by atoms with Gasteiger partial charge in [-0.15, -0.1) is 0 Å². The van der Waals surface area contributed by atoms with E-state index in [1.165, 1.54) is 25.7 Å². The number of nitrogens with zero attached hydrogens (tertiary/aromatic N) is 1. The molecule has 2 aliphatic heterocycles. The summed E-state index contributed by atoms with van der Waals surface area (Å²) >= 11 is 0. The van der Waals surface area contributed by atoms with Gasteiger partial charge in [0.1, 0.15) is 0 Å². The van der Waals surface area contributed by atoms with Gasteiger partial charge in [0, 0.05) is 31.8 Å². The first-order valence-electron chi connectivity index (χ1n) is 7.86. The Labute approximate surface area is 114 Å². The van der Waals surface area contributed by atoms with E-state index >= 15 is 0 Å². The second-order valence-corrected chi connectivity index (χ2v) is 6.57. The summed E-state index contributed by atoms with van der Waals surface area (Å²) in [5.41, 5.74) is 0. The molecule has 4 nitrogen and oxygen atoms in total. The number of rotatable bonds is 1. The van der Waals surface area contributed by atoms with Gasteiger partial charge in [0.15, 0.2) is 5.79 Å². The third kappa shape index (κ3) is 2.00. The lowest BCUT2D eigenvalue weighted by Crippen LogP contribution is -2.48. The van der Waals surface area contributed by atoms with Crippen LogP contribution in [0.4, 0.5) is 0 Å². The zero-order valence-electron chi connectivity index (χ0n) is 11.5. The molecule has 0 bridgehead atoms. The van der Waals surface area contributed by atoms with Gasteiger partial charge in [0.25, 0.3) is 0 Å². The summed E-state index contributed by atoms with van der Waals surface area (Å²) < 4.78 is 11.4. The van der Waals surface area contributed by atoms with Gasteiger partial charge in [-0.2, -0.15) is 0 Å². The number of amides is 1. The molecule has 0 radical (unpaired) electrons. The van der Waals surface area contributed by atoms with Crippen molar-refractivity contribution in [2.75, 3.05) is 26.3 Å². The third-order valence-electron chi connectivity index (χ3n) is 5.59. The topological polar surface area (TPSA) is 38.8 Å². The zero-order valence-corrected chi connectivity index (χ0v) is 11.5. The van der Waals surface area contributed by atoms with Gasteiger partial charge in [-0.3, -0.25) is 4.79 Å². The Kier molecular flexibility index (Phi) is 2.85. The Bertz CT molecular complexity index is 356. The molecule has 2 saturated carbocycles. The molecule has 2 heterocycles. The molecule has 1 spiro atoms. The van der Waals surface area contributed by atoms with Crippen molar-refractivity contribution >= 4 is 5.91 Å². The molecule has 4 heteroatoms. The maximum absolute atomic E-state index is 12.6. The van der Waals surface area contributed by atoms with E-state index in [4.69, 9.17) is 9.47 Å².